The van der Waals surface area contributed by atoms with Gasteiger partial charge in [-0.1, -0.05) is 6.92 Å². The third-order valence-corrected chi connectivity index (χ3v) is 2.52. The third kappa shape index (κ3) is 3.20. The van der Waals surface area contributed by atoms with E-state index in [1.165, 1.54) is 18.4 Å². The van der Waals surface area contributed by atoms with E-state index in [0.29, 0.717) is 6.04 Å². The molecule has 0 amide bonds. The summed E-state index contributed by atoms with van der Waals surface area (Å²) in [7, 11) is 0. The lowest BCUT2D eigenvalue weighted by Gasteiger charge is -2.08. The Morgan fingerprint density at radius 1 is 1.40 bits per heavy atom. The first-order valence-electron chi connectivity index (χ1n) is 5.72. The first-order chi connectivity index (χ1) is 7.28. The van der Waals surface area contributed by atoms with Gasteiger partial charge in [0, 0.05) is 18.3 Å². The summed E-state index contributed by atoms with van der Waals surface area (Å²) >= 11 is 0. The Bertz CT molecular complexity index is 332. The number of hydrogen-bond donors (Lipinski definition) is 2. The average Bonchev–Trinajstić information content (AvgIpc) is 2.98. The zero-order chi connectivity index (χ0) is 10.7. The minimum absolute atomic E-state index is 0.672. The summed E-state index contributed by atoms with van der Waals surface area (Å²) in [6, 6.07) is 4.96. The fraction of sp³-hybridized carbons (Fsp3) is 0.583. The number of nitrogens with zero attached hydrogens (tertiary/aromatic N) is 1. The number of rotatable bonds is 5. The van der Waals surface area contributed by atoms with Crippen molar-refractivity contribution < 1.29 is 0 Å². The predicted octanol–water partition coefficient (Wildman–Crippen LogP) is 2.07. The highest BCUT2D eigenvalue weighted by atomic mass is 15.0. The van der Waals surface area contributed by atoms with Crippen LogP contribution in [0.25, 0.3) is 0 Å². The number of anilines is 1. The van der Waals surface area contributed by atoms with Crippen molar-refractivity contribution >= 4 is 5.82 Å². The largest absolute Gasteiger partial charge is 0.367 e. The molecular formula is C12H19N3. The standard InChI is InChI=1S/C12H19N3/c1-3-13-8-10-6-9(2)14-12(7-10)15-11-4-5-11/h6-7,11,13H,3-5,8H2,1-2H3,(H,14,15). The molecular weight excluding hydrogens is 186 g/mol. The van der Waals surface area contributed by atoms with Crippen LogP contribution in [0.4, 0.5) is 5.82 Å². The second kappa shape index (κ2) is 4.62. The highest BCUT2D eigenvalue weighted by molar-refractivity contribution is 5.41. The number of hydrogen-bond acceptors (Lipinski definition) is 3. The van der Waals surface area contributed by atoms with Crippen LogP contribution in [0.2, 0.25) is 0 Å². The maximum absolute atomic E-state index is 4.48. The zero-order valence-corrected chi connectivity index (χ0v) is 9.51. The van der Waals surface area contributed by atoms with Crippen molar-refractivity contribution in [3.05, 3.63) is 23.4 Å². The second-order valence-electron chi connectivity index (χ2n) is 4.20. The van der Waals surface area contributed by atoms with Crippen molar-refractivity contribution in [3.8, 4) is 0 Å². The van der Waals surface area contributed by atoms with Gasteiger partial charge in [-0.2, -0.15) is 0 Å². The van der Waals surface area contributed by atoms with Gasteiger partial charge in [-0.25, -0.2) is 4.98 Å². The summed E-state index contributed by atoms with van der Waals surface area (Å²) < 4.78 is 0. The molecule has 3 heteroatoms. The summed E-state index contributed by atoms with van der Waals surface area (Å²) in [5.41, 5.74) is 2.40. The molecule has 3 nitrogen and oxygen atoms in total. The molecule has 1 saturated carbocycles. The molecule has 1 fully saturated rings. The maximum Gasteiger partial charge on any atom is 0.126 e. The number of pyridine rings is 1. The quantitative estimate of drug-likeness (QED) is 0.772. The first-order valence-corrected chi connectivity index (χ1v) is 5.72. The summed E-state index contributed by atoms with van der Waals surface area (Å²) in [6.07, 6.45) is 2.58. The molecule has 0 spiro atoms. The van der Waals surface area contributed by atoms with Gasteiger partial charge < -0.3 is 10.6 Å². The molecule has 0 saturated heterocycles. The molecule has 1 aliphatic rings. The van der Waals surface area contributed by atoms with Gasteiger partial charge in [-0.3, -0.25) is 0 Å². The van der Waals surface area contributed by atoms with Crippen molar-refractivity contribution in [2.45, 2.75) is 39.3 Å². The van der Waals surface area contributed by atoms with E-state index in [4.69, 9.17) is 0 Å². The lowest BCUT2D eigenvalue weighted by atomic mass is 10.2. The molecule has 15 heavy (non-hydrogen) atoms. The SMILES string of the molecule is CCNCc1cc(C)nc(NC2CC2)c1. The van der Waals surface area contributed by atoms with Crippen molar-refractivity contribution in [2.75, 3.05) is 11.9 Å². The van der Waals surface area contributed by atoms with E-state index in [9.17, 15) is 0 Å². The molecule has 1 aromatic heterocycles. The average molecular weight is 205 g/mol. The fourth-order valence-corrected chi connectivity index (χ4v) is 1.62. The fourth-order valence-electron chi connectivity index (χ4n) is 1.62. The third-order valence-electron chi connectivity index (χ3n) is 2.52. The predicted molar refractivity (Wildman–Crippen MR) is 63.0 cm³/mol. The lowest BCUT2D eigenvalue weighted by Crippen LogP contribution is -2.13. The molecule has 2 rings (SSSR count). The van der Waals surface area contributed by atoms with Crippen molar-refractivity contribution in [3.63, 3.8) is 0 Å². The molecule has 1 aromatic rings. The number of aromatic nitrogens is 1. The van der Waals surface area contributed by atoms with Crippen LogP contribution in [-0.4, -0.2) is 17.6 Å². The van der Waals surface area contributed by atoms with Crippen LogP contribution < -0.4 is 10.6 Å². The van der Waals surface area contributed by atoms with Gasteiger partial charge in [0.05, 0.1) is 0 Å². The maximum atomic E-state index is 4.48. The van der Waals surface area contributed by atoms with Crippen molar-refractivity contribution in [2.24, 2.45) is 0 Å². The zero-order valence-electron chi connectivity index (χ0n) is 9.51. The molecule has 0 atom stereocenters. The highest BCUT2D eigenvalue weighted by Crippen LogP contribution is 2.24. The molecule has 2 N–H and O–H groups in total. The van der Waals surface area contributed by atoms with Gasteiger partial charge in [0.2, 0.25) is 0 Å². The molecule has 0 bridgehead atoms. The van der Waals surface area contributed by atoms with E-state index in [1.54, 1.807) is 0 Å². The van der Waals surface area contributed by atoms with Gasteiger partial charge in [-0.15, -0.1) is 0 Å². The Kier molecular flexibility index (Phi) is 3.21. The Morgan fingerprint density at radius 3 is 2.87 bits per heavy atom. The van der Waals surface area contributed by atoms with Crippen LogP contribution in [0.3, 0.4) is 0 Å². The topological polar surface area (TPSA) is 37.0 Å². The van der Waals surface area contributed by atoms with Crippen LogP contribution >= 0.6 is 0 Å². The summed E-state index contributed by atoms with van der Waals surface area (Å²) in [6.45, 7) is 6.11. The normalized spacial score (nSPS) is 15.3. The van der Waals surface area contributed by atoms with Crippen LogP contribution in [0.15, 0.2) is 12.1 Å². The molecule has 0 aliphatic heterocycles. The number of nitrogens with one attached hydrogen (secondary N) is 2. The van der Waals surface area contributed by atoms with Gasteiger partial charge in [0.15, 0.2) is 0 Å². The second-order valence-corrected chi connectivity index (χ2v) is 4.20. The van der Waals surface area contributed by atoms with Gasteiger partial charge in [0.25, 0.3) is 0 Å². The van der Waals surface area contributed by atoms with E-state index >= 15 is 0 Å². The minimum atomic E-state index is 0.672. The van der Waals surface area contributed by atoms with Crippen LogP contribution in [0, 0.1) is 6.92 Å². The van der Waals surface area contributed by atoms with E-state index in [-0.39, 0.29) is 0 Å². The monoisotopic (exact) mass is 205 g/mol. The Morgan fingerprint density at radius 2 is 2.20 bits per heavy atom. The van der Waals surface area contributed by atoms with Crippen molar-refractivity contribution in [1.29, 1.82) is 0 Å². The molecule has 1 aliphatic carbocycles. The van der Waals surface area contributed by atoms with Crippen LogP contribution in [0.1, 0.15) is 31.0 Å². The summed E-state index contributed by atoms with van der Waals surface area (Å²) in [5, 5.41) is 6.77. The van der Waals surface area contributed by atoms with E-state index < -0.39 is 0 Å². The number of aryl methyl sites for hydroxylation is 1. The molecule has 1 heterocycles. The highest BCUT2D eigenvalue weighted by Gasteiger charge is 2.21. The van der Waals surface area contributed by atoms with Crippen molar-refractivity contribution in [1.82, 2.24) is 10.3 Å². The Labute approximate surface area is 91.3 Å². The van der Waals surface area contributed by atoms with Gasteiger partial charge >= 0.3 is 0 Å². The molecule has 82 valence electrons. The van der Waals surface area contributed by atoms with E-state index in [1.807, 2.05) is 6.92 Å². The van der Waals surface area contributed by atoms with Crippen LogP contribution in [-0.2, 0) is 6.54 Å². The van der Waals surface area contributed by atoms with E-state index in [0.717, 1.165) is 24.6 Å². The first kappa shape index (κ1) is 10.4. The van der Waals surface area contributed by atoms with E-state index in [2.05, 4.69) is 34.7 Å². The van der Waals surface area contributed by atoms with Crippen LogP contribution in [0.5, 0.6) is 0 Å². The molecule has 0 unspecified atom stereocenters. The molecule has 0 aromatic carbocycles. The summed E-state index contributed by atoms with van der Waals surface area (Å²) in [5.74, 6) is 1.03. The lowest BCUT2D eigenvalue weighted by molar-refractivity contribution is 0.725. The van der Waals surface area contributed by atoms with Gasteiger partial charge in [-0.05, 0) is 44.0 Å². The smallest absolute Gasteiger partial charge is 0.126 e. The minimum Gasteiger partial charge on any atom is -0.367 e. The Hall–Kier alpha value is -1.09. The molecule has 0 radical (unpaired) electrons. The summed E-state index contributed by atoms with van der Waals surface area (Å²) in [4.78, 5) is 4.48. The van der Waals surface area contributed by atoms with Gasteiger partial charge in [0.1, 0.15) is 5.82 Å². The Balaban J connectivity index is 2.05.